The first-order valence-electron chi connectivity index (χ1n) is 4.37. The summed E-state index contributed by atoms with van der Waals surface area (Å²) >= 11 is 4.13. The quantitative estimate of drug-likeness (QED) is 0.747. The fraction of sp³-hybridized carbons (Fsp3) is 0.750. The second-order valence-electron chi connectivity index (χ2n) is 3.45. The third-order valence-electron chi connectivity index (χ3n) is 2.62. The van der Waals surface area contributed by atoms with Crippen molar-refractivity contribution in [3.8, 4) is 0 Å². The van der Waals surface area contributed by atoms with Gasteiger partial charge in [-0.1, -0.05) is 12.1 Å². The maximum atomic E-state index is 4.18. The molecular formula is C8H12IN3S. The van der Waals surface area contributed by atoms with Gasteiger partial charge in [-0.2, -0.15) is 14.7 Å². The molecule has 0 spiro atoms. The van der Waals surface area contributed by atoms with Gasteiger partial charge in [-0.05, 0) is 25.0 Å². The standard InChI is InChI=1S/C8H12IN3S/c1-5-3-4-6-7(8(5)13-2)12(9)11-10-6/h5,8H,3-4H2,1-2H3. The molecule has 0 aromatic carbocycles. The highest BCUT2D eigenvalue weighted by atomic mass is 127. The van der Waals surface area contributed by atoms with Gasteiger partial charge in [0.15, 0.2) is 0 Å². The zero-order chi connectivity index (χ0) is 9.42. The van der Waals surface area contributed by atoms with E-state index in [9.17, 15) is 0 Å². The van der Waals surface area contributed by atoms with E-state index in [4.69, 9.17) is 0 Å². The molecule has 0 fully saturated rings. The molecule has 0 radical (unpaired) electrons. The van der Waals surface area contributed by atoms with Crippen molar-refractivity contribution in [3.63, 3.8) is 0 Å². The Morgan fingerprint density at radius 1 is 1.62 bits per heavy atom. The first-order valence-corrected chi connectivity index (χ1v) is 6.62. The van der Waals surface area contributed by atoms with E-state index in [0.29, 0.717) is 5.25 Å². The van der Waals surface area contributed by atoms with Crippen molar-refractivity contribution in [2.24, 2.45) is 5.92 Å². The zero-order valence-corrected chi connectivity index (χ0v) is 10.7. The summed E-state index contributed by atoms with van der Waals surface area (Å²) in [4.78, 5) is 0. The third-order valence-corrected chi connectivity index (χ3v) is 4.52. The van der Waals surface area contributed by atoms with Gasteiger partial charge in [0.05, 0.1) is 39.5 Å². The van der Waals surface area contributed by atoms with E-state index in [2.05, 4.69) is 46.4 Å². The van der Waals surface area contributed by atoms with E-state index >= 15 is 0 Å². The summed E-state index contributed by atoms with van der Waals surface area (Å²) in [5.74, 6) is 0.745. The number of aromatic nitrogens is 3. The molecule has 0 N–H and O–H groups in total. The van der Waals surface area contributed by atoms with Gasteiger partial charge in [0.25, 0.3) is 0 Å². The number of halogens is 1. The van der Waals surface area contributed by atoms with Crippen LogP contribution < -0.4 is 0 Å². The van der Waals surface area contributed by atoms with E-state index in [1.54, 1.807) is 0 Å². The number of hydrogen-bond donors (Lipinski definition) is 0. The summed E-state index contributed by atoms with van der Waals surface area (Å²) < 4.78 is 1.91. The topological polar surface area (TPSA) is 30.7 Å². The Kier molecular flexibility index (Phi) is 2.83. The summed E-state index contributed by atoms with van der Waals surface area (Å²) in [6.07, 6.45) is 4.50. The fourth-order valence-corrected chi connectivity index (χ4v) is 3.80. The Balaban J connectivity index is 2.42. The molecule has 2 rings (SSSR count). The Hall–Kier alpha value is 0.220. The summed E-state index contributed by atoms with van der Waals surface area (Å²) in [6.45, 7) is 2.31. The van der Waals surface area contributed by atoms with Gasteiger partial charge in [0.2, 0.25) is 0 Å². The molecule has 1 aliphatic rings. The molecule has 0 saturated carbocycles. The van der Waals surface area contributed by atoms with Crippen molar-refractivity contribution in [3.05, 3.63) is 11.4 Å². The first kappa shape index (κ1) is 9.76. The van der Waals surface area contributed by atoms with E-state index < -0.39 is 0 Å². The van der Waals surface area contributed by atoms with Crippen molar-refractivity contribution in [2.75, 3.05) is 6.26 Å². The molecule has 1 aromatic rings. The predicted molar refractivity (Wildman–Crippen MR) is 63.2 cm³/mol. The lowest BCUT2D eigenvalue weighted by atomic mass is 9.91. The van der Waals surface area contributed by atoms with E-state index in [1.165, 1.54) is 17.8 Å². The first-order chi connectivity index (χ1) is 6.24. The fourth-order valence-electron chi connectivity index (χ4n) is 1.88. The van der Waals surface area contributed by atoms with Crippen LogP contribution in [0.2, 0.25) is 0 Å². The van der Waals surface area contributed by atoms with Crippen molar-refractivity contribution in [2.45, 2.75) is 25.0 Å². The molecule has 72 valence electrons. The van der Waals surface area contributed by atoms with E-state index in [-0.39, 0.29) is 0 Å². The Morgan fingerprint density at radius 3 is 3.08 bits per heavy atom. The second kappa shape index (κ2) is 3.76. The van der Waals surface area contributed by atoms with Crippen molar-refractivity contribution < 1.29 is 0 Å². The number of hydrogen-bond acceptors (Lipinski definition) is 3. The van der Waals surface area contributed by atoms with Crippen molar-refractivity contribution in [1.82, 2.24) is 13.2 Å². The van der Waals surface area contributed by atoms with Crippen LogP contribution in [0.15, 0.2) is 0 Å². The lowest BCUT2D eigenvalue weighted by Crippen LogP contribution is -2.17. The molecule has 5 heteroatoms. The molecule has 3 nitrogen and oxygen atoms in total. The second-order valence-corrected chi connectivity index (χ2v) is 5.35. The number of rotatable bonds is 1. The van der Waals surface area contributed by atoms with Gasteiger partial charge in [-0.3, -0.25) is 0 Å². The molecule has 2 unspecified atom stereocenters. The Labute approximate surface area is 96.2 Å². The Bertz CT molecular complexity index is 312. The summed E-state index contributed by atoms with van der Waals surface area (Å²) in [5, 5.41) is 8.83. The highest BCUT2D eigenvalue weighted by Crippen LogP contribution is 2.41. The van der Waals surface area contributed by atoms with Gasteiger partial charge in [-0.25, -0.2) is 0 Å². The van der Waals surface area contributed by atoms with Crippen LogP contribution in [0.1, 0.15) is 30.0 Å². The smallest absolute Gasteiger partial charge is 0.0880 e. The van der Waals surface area contributed by atoms with Crippen LogP contribution in [-0.4, -0.2) is 19.5 Å². The minimum Gasteiger partial charge on any atom is -0.187 e. The minimum atomic E-state index is 0.579. The van der Waals surface area contributed by atoms with Crippen LogP contribution >= 0.6 is 34.6 Å². The summed E-state index contributed by atoms with van der Waals surface area (Å²) in [5.41, 5.74) is 2.53. The summed E-state index contributed by atoms with van der Waals surface area (Å²) in [6, 6.07) is 0. The van der Waals surface area contributed by atoms with Crippen molar-refractivity contribution >= 4 is 34.6 Å². The van der Waals surface area contributed by atoms with Gasteiger partial charge in [0.1, 0.15) is 0 Å². The maximum absolute atomic E-state index is 4.18. The molecule has 1 aliphatic carbocycles. The largest absolute Gasteiger partial charge is 0.187 e. The normalized spacial score (nSPS) is 27.3. The van der Waals surface area contributed by atoms with E-state index in [0.717, 1.165) is 12.3 Å². The zero-order valence-electron chi connectivity index (χ0n) is 7.70. The molecule has 0 amide bonds. The van der Waals surface area contributed by atoms with Gasteiger partial charge < -0.3 is 0 Å². The number of fused-ring (bicyclic) bond motifs is 1. The average Bonchev–Trinajstić information content (AvgIpc) is 2.49. The molecule has 0 saturated heterocycles. The highest BCUT2D eigenvalue weighted by Gasteiger charge is 2.30. The van der Waals surface area contributed by atoms with Crippen LogP contribution in [-0.2, 0) is 6.42 Å². The maximum Gasteiger partial charge on any atom is 0.0880 e. The van der Waals surface area contributed by atoms with E-state index in [1.807, 2.05) is 14.7 Å². The lowest BCUT2D eigenvalue weighted by Gasteiger charge is -2.26. The van der Waals surface area contributed by atoms with Crippen molar-refractivity contribution in [1.29, 1.82) is 0 Å². The Morgan fingerprint density at radius 2 is 2.38 bits per heavy atom. The molecular weight excluding hydrogens is 297 g/mol. The molecule has 13 heavy (non-hydrogen) atoms. The molecule has 0 bridgehead atoms. The van der Waals surface area contributed by atoms with Crippen LogP contribution in [0.3, 0.4) is 0 Å². The number of thioether (sulfide) groups is 1. The predicted octanol–water partition coefficient (Wildman–Crippen LogP) is 2.46. The summed E-state index contributed by atoms with van der Waals surface area (Å²) in [7, 11) is 0. The molecule has 0 aliphatic heterocycles. The minimum absolute atomic E-state index is 0.579. The molecule has 1 heterocycles. The van der Waals surface area contributed by atoms with Gasteiger partial charge >= 0.3 is 0 Å². The van der Waals surface area contributed by atoms with Crippen LogP contribution in [0.5, 0.6) is 0 Å². The van der Waals surface area contributed by atoms with Crippen LogP contribution in [0, 0.1) is 5.92 Å². The average molecular weight is 309 g/mol. The third kappa shape index (κ3) is 1.60. The molecule has 2 atom stereocenters. The SMILES string of the molecule is CSC1c2c(nnn2I)CCC1C. The molecule has 1 aromatic heterocycles. The number of nitrogens with zero attached hydrogens (tertiary/aromatic N) is 3. The van der Waals surface area contributed by atoms with Crippen LogP contribution in [0.4, 0.5) is 0 Å². The van der Waals surface area contributed by atoms with Gasteiger partial charge in [0, 0.05) is 0 Å². The highest BCUT2D eigenvalue weighted by molar-refractivity contribution is 14.1. The van der Waals surface area contributed by atoms with Crippen LogP contribution in [0.25, 0.3) is 0 Å². The van der Waals surface area contributed by atoms with Gasteiger partial charge in [-0.15, -0.1) is 5.10 Å². The monoisotopic (exact) mass is 309 g/mol. The lowest BCUT2D eigenvalue weighted by molar-refractivity contribution is 0.481. The number of aryl methyl sites for hydroxylation is 1.